The summed E-state index contributed by atoms with van der Waals surface area (Å²) < 4.78 is 5.86. The minimum absolute atomic E-state index is 0.0932. The van der Waals surface area contributed by atoms with E-state index in [1.807, 2.05) is 18.7 Å². The Morgan fingerprint density at radius 3 is 2.47 bits per heavy atom. The summed E-state index contributed by atoms with van der Waals surface area (Å²) in [5.41, 5.74) is 0. The first-order valence-electron chi connectivity index (χ1n) is 6.96. The van der Waals surface area contributed by atoms with Gasteiger partial charge in [0.05, 0.1) is 6.04 Å². The van der Waals surface area contributed by atoms with Crippen LogP contribution in [-0.4, -0.2) is 34.3 Å². The van der Waals surface area contributed by atoms with Crippen LogP contribution in [0.3, 0.4) is 0 Å². The van der Waals surface area contributed by atoms with Crippen molar-refractivity contribution >= 4 is 17.8 Å². The molecule has 1 aromatic heterocycles. The summed E-state index contributed by atoms with van der Waals surface area (Å²) in [6.07, 6.45) is 4.39. The summed E-state index contributed by atoms with van der Waals surface area (Å²) in [4.78, 5) is 0. The Bertz CT molecular complexity index is 357. The van der Waals surface area contributed by atoms with E-state index in [0.717, 1.165) is 25.9 Å². The minimum Gasteiger partial charge on any atom is -0.406 e. The number of nitrogens with one attached hydrogen (secondary N) is 2. The third-order valence-electron chi connectivity index (χ3n) is 3.60. The van der Waals surface area contributed by atoms with Gasteiger partial charge in [0, 0.05) is 11.3 Å². The highest BCUT2D eigenvalue weighted by Gasteiger charge is 2.25. The first kappa shape index (κ1) is 16.3. The van der Waals surface area contributed by atoms with Crippen LogP contribution in [-0.2, 0) is 0 Å². The van der Waals surface area contributed by atoms with Gasteiger partial charge in [-0.15, -0.1) is 5.10 Å². The van der Waals surface area contributed by atoms with Gasteiger partial charge in [-0.1, -0.05) is 25.9 Å². The molecule has 1 unspecified atom stereocenters. The number of hydrogen-bond acceptors (Lipinski definition) is 6. The molecule has 6 heteroatoms. The summed E-state index contributed by atoms with van der Waals surface area (Å²) in [6.45, 7) is 10.2. The van der Waals surface area contributed by atoms with Crippen LogP contribution < -0.4 is 10.6 Å². The van der Waals surface area contributed by atoms with Crippen LogP contribution in [0.5, 0.6) is 0 Å². The van der Waals surface area contributed by atoms with Gasteiger partial charge in [0.2, 0.25) is 5.89 Å². The molecule has 0 bridgehead atoms. The van der Waals surface area contributed by atoms with Crippen LogP contribution in [0.15, 0.2) is 4.42 Å². The average molecular weight is 286 g/mol. The number of anilines is 1. The largest absolute Gasteiger partial charge is 0.406 e. The fraction of sp³-hybridized carbons (Fsp3) is 0.846. The van der Waals surface area contributed by atoms with Crippen LogP contribution in [0.2, 0.25) is 0 Å². The average Bonchev–Trinajstić information content (AvgIpc) is 2.90. The highest BCUT2D eigenvalue weighted by Crippen LogP contribution is 2.30. The van der Waals surface area contributed by atoms with E-state index in [4.69, 9.17) is 4.42 Å². The fourth-order valence-corrected chi connectivity index (χ4v) is 2.77. The van der Waals surface area contributed by atoms with E-state index >= 15 is 0 Å². The molecular formula is C13H26N4OS. The molecule has 1 rings (SSSR count). The first-order chi connectivity index (χ1) is 9.10. The van der Waals surface area contributed by atoms with Gasteiger partial charge < -0.3 is 15.1 Å². The lowest BCUT2D eigenvalue weighted by Gasteiger charge is -2.29. The van der Waals surface area contributed by atoms with Crippen molar-refractivity contribution in [1.82, 2.24) is 15.5 Å². The Morgan fingerprint density at radius 2 is 1.95 bits per heavy atom. The number of rotatable bonds is 9. The van der Waals surface area contributed by atoms with Gasteiger partial charge in [0.15, 0.2) is 0 Å². The van der Waals surface area contributed by atoms with Gasteiger partial charge in [-0.3, -0.25) is 0 Å². The van der Waals surface area contributed by atoms with Crippen molar-refractivity contribution in [3.63, 3.8) is 0 Å². The van der Waals surface area contributed by atoms with E-state index < -0.39 is 0 Å². The number of thioether (sulfide) groups is 1. The molecule has 1 heterocycles. The molecule has 0 aliphatic rings. The van der Waals surface area contributed by atoms with E-state index in [1.54, 1.807) is 0 Å². The Hall–Kier alpha value is -0.750. The predicted molar refractivity (Wildman–Crippen MR) is 81.7 cm³/mol. The summed E-state index contributed by atoms with van der Waals surface area (Å²) in [5.74, 6) is 0.632. The second-order valence-corrected chi connectivity index (χ2v) is 5.95. The molecule has 0 fully saturated rings. The molecule has 19 heavy (non-hydrogen) atoms. The van der Waals surface area contributed by atoms with E-state index in [1.165, 1.54) is 0 Å². The zero-order chi connectivity index (χ0) is 14.3. The first-order valence-corrected chi connectivity index (χ1v) is 8.19. The molecule has 110 valence electrons. The second-order valence-electron chi connectivity index (χ2n) is 4.67. The van der Waals surface area contributed by atoms with E-state index in [0.29, 0.717) is 11.9 Å². The standard InChI is InChI=1S/C13H26N4OS/c1-6-13(7-2,19-5)9-15-12-17-16-11(18-12)10(4)14-8-3/h10,14H,6-9H2,1-5H3,(H,15,17). The van der Waals surface area contributed by atoms with E-state index in [9.17, 15) is 0 Å². The molecule has 0 amide bonds. The topological polar surface area (TPSA) is 63.0 Å². The van der Waals surface area contributed by atoms with E-state index in [2.05, 4.69) is 47.9 Å². The maximum absolute atomic E-state index is 5.62. The van der Waals surface area contributed by atoms with Crippen molar-refractivity contribution in [3.8, 4) is 0 Å². The normalized spacial score (nSPS) is 13.5. The number of aromatic nitrogens is 2. The third-order valence-corrected chi connectivity index (χ3v) is 5.19. The molecule has 0 saturated heterocycles. The molecule has 0 radical (unpaired) electrons. The molecule has 0 saturated carbocycles. The lowest BCUT2D eigenvalue weighted by Crippen LogP contribution is -2.32. The summed E-state index contributed by atoms with van der Waals surface area (Å²) in [5, 5.41) is 14.6. The maximum atomic E-state index is 5.62. The van der Waals surface area contributed by atoms with Gasteiger partial charge in [0.25, 0.3) is 0 Å². The van der Waals surface area contributed by atoms with Crippen molar-refractivity contribution in [3.05, 3.63) is 5.89 Å². The zero-order valence-corrected chi connectivity index (χ0v) is 13.4. The van der Waals surface area contributed by atoms with Crippen molar-refractivity contribution in [2.24, 2.45) is 0 Å². The van der Waals surface area contributed by atoms with Crippen LogP contribution in [0.4, 0.5) is 6.01 Å². The lowest BCUT2D eigenvalue weighted by atomic mass is 10.0. The highest BCUT2D eigenvalue weighted by molar-refractivity contribution is 8.00. The zero-order valence-electron chi connectivity index (χ0n) is 12.6. The fourth-order valence-electron chi connectivity index (χ4n) is 1.97. The summed E-state index contributed by atoms with van der Waals surface area (Å²) >= 11 is 1.89. The Morgan fingerprint density at radius 1 is 1.26 bits per heavy atom. The third kappa shape index (κ3) is 4.38. The minimum atomic E-state index is 0.0932. The molecule has 5 nitrogen and oxygen atoms in total. The van der Waals surface area contributed by atoms with Crippen molar-refractivity contribution in [2.45, 2.75) is 51.3 Å². The molecule has 0 aromatic carbocycles. The molecule has 0 spiro atoms. The van der Waals surface area contributed by atoms with Gasteiger partial charge >= 0.3 is 6.01 Å². The molecule has 2 N–H and O–H groups in total. The molecular weight excluding hydrogens is 260 g/mol. The summed E-state index contributed by atoms with van der Waals surface area (Å²) in [7, 11) is 0. The van der Waals surface area contributed by atoms with Crippen LogP contribution >= 0.6 is 11.8 Å². The Labute approximate surface area is 120 Å². The van der Waals surface area contributed by atoms with Crippen molar-refractivity contribution in [1.29, 1.82) is 0 Å². The van der Waals surface area contributed by atoms with Gasteiger partial charge in [-0.05, 0) is 32.6 Å². The molecule has 0 aliphatic heterocycles. The SMILES string of the molecule is CCNC(C)c1nnc(NCC(CC)(CC)SC)o1. The van der Waals surface area contributed by atoms with Gasteiger partial charge in [-0.2, -0.15) is 11.8 Å². The maximum Gasteiger partial charge on any atom is 0.315 e. The summed E-state index contributed by atoms with van der Waals surface area (Å²) in [6, 6.07) is 0.607. The molecule has 1 atom stereocenters. The van der Waals surface area contributed by atoms with Gasteiger partial charge in [0.1, 0.15) is 0 Å². The van der Waals surface area contributed by atoms with Crippen LogP contribution in [0.1, 0.15) is 52.5 Å². The second kappa shape index (κ2) is 7.75. The van der Waals surface area contributed by atoms with Crippen LogP contribution in [0, 0.1) is 0 Å². The van der Waals surface area contributed by atoms with Crippen molar-refractivity contribution < 1.29 is 4.42 Å². The van der Waals surface area contributed by atoms with Gasteiger partial charge in [-0.25, -0.2) is 0 Å². The van der Waals surface area contributed by atoms with Crippen molar-refractivity contribution in [2.75, 3.05) is 24.7 Å². The Balaban J connectivity index is 2.58. The molecule has 0 aliphatic carbocycles. The number of nitrogens with zero attached hydrogens (tertiary/aromatic N) is 2. The van der Waals surface area contributed by atoms with Crippen LogP contribution in [0.25, 0.3) is 0 Å². The predicted octanol–water partition coefficient (Wildman–Crippen LogP) is 3.07. The highest BCUT2D eigenvalue weighted by atomic mass is 32.2. The Kier molecular flexibility index (Phi) is 6.65. The smallest absolute Gasteiger partial charge is 0.315 e. The quantitative estimate of drug-likeness (QED) is 0.727. The monoisotopic (exact) mass is 286 g/mol. The lowest BCUT2D eigenvalue weighted by molar-refractivity contribution is 0.427. The van der Waals surface area contributed by atoms with E-state index in [-0.39, 0.29) is 10.8 Å². The molecule has 1 aromatic rings. The number of hydrogen-bond donors (Lipinski definition) is 2.